The third-order valence-corrected chi connectivity index (χ3v) is 4.54. The highest BCUT2D eigenvalue weighted by molar-refractivity contribution is 6.01. The zero-order valence-electron chi connectivity index (χ0n) is 16.0. The van der Waals surface area contributed by atoms with Gasteiger partial charge in [-0.25, -0.2) is 0 Å². The highest BCUT2D eigenvalue weighted by Crippen LogP contribution is 2.30. The van der Waals surface area contributed by atoms with Gasteiger partial charge in [0.05, 0.1) is 18.7 Å². The van der Waals surface area contributed by atoms with Gasteiger partial charge in [-0.2, -0.15) is 5.26 Å². The minimum Gasteiger partial charge on any atom is -0.493 e. The van der Waals surface area contributed by atoms with Crippen molar-refractivity contribution in [3.05, 3.63) is 59.7 Å². The van der Waals surface area contributed by atoms with Gasteiger partial charge in [0.15, 0.2) is 11.5 Å². The van der Waals surface area contributed by atoms with Gasteiger partial charge in [-0.15, -0.1) is 0 Å². The Bertz CT molecular complexity index is 900. The first kappa shape index (κ1) is 19.5. The predicted octanol–water partition coefficient (Wildman–Crippen LogP) is 3.30. The van der Waals surface area contributed by atoms with Gasteiger partial charge in [0.1, 0.15) is 6.10 Å². The van der Waals surface area contributed by atoms with E-state index in [-0.39, 0.29) is 12.0 Å². The van der Waals surface area contributed by atoms with Gasteiger partial charge in [0.2, 0.25) is 5.91 Å². The van der Waals surface area contributed by atoms with E-state index in [0.717, 1.165) is 25.1 Å². The molecule has 2 aromatic rings. The number of amides is 1. The Morgan fingerprint density at radius 2 is 2.04 bits per heavy atom. The second kappa shape index (κ2) is 9.07. The molecular weight excluding hydrogens is 354 g/mol. The molecule has 1 fully saturated rings. The molecule has 2 aromatic carbocycles. The Morgan fingerprint density at radius 1 is 1.25 bits per heavy atom. The van der Waals surface area contributed by atoms with Crippen molar-refractivity contribution in [2.45, 2.75) is 12.5 Å². The van der Waals surface area contributed by atoms with Gasteiger partial charge in [-0.3, -0.25) is 4.79 Å². The molecule has 1 atom stereocenters. The maximum atomic E-state index is 12.1. The highest BCUT2D eigenvalue weighted by Gasteiger charge is 2.22. The number of likely N-dealkylation sites (tertiary alicyclic amines) is 1. The third kappa shape index (κ3) is 5.12. The third-order valence-electron chi connectivity index (χ3n) is 4.54. The van der Waals surface area contributed by atoms with Crippen LogP contribution in [0.3, 0.4) is 0 Å². The number of ether oxygens (including phenoxy) is 2. The Kier molecular flexibility index (Phi) is 6.30. The smallest absolute Gasteiger partial charge is 0.248 e. The van der Waals surface area contributed by atoms with E-state index >= 15 is 0 Å². The summed E-state index contributed by atoms with van der Waals surface area (Å²) in [5.41, 5.74) is 2.02. The number of carbonyl (C=O) groups excluding carboxylic acids is 1. The van der Waals surface area contributed by atoms with Crippen LogP contribution in [0.1, 0.15) is 17.5 Å². The van der Waals surface area contributed by atoms with Crippen molar-refractivity contribution in [3.63, 3.8) is 0 Å². The van der Waals surface area contributed by atoms with E-state index in [0.29, 0.717) is 22.7 Å². The summed E-state index contributed by atoms with van der Waals surface area (Å²) in [6, 6.07) is 14.4. The van der Waals surface area contributed by atoms with E-state index < -0.39 is 0 Å². The zero-order chi connectivity index (χ0) is 19.9. The quantitative estimate of drug-likeness (QED) is 0.782. The summed E-state index contributed by atoms with van der Waals surface area (Å²) >= 11 is 0. The maximum absolute atomic E-state index is 12.1. The van der Waals surface area contributed by atoms with Crippen LogP contribution in [0, 0.1) is 11.3 Å². The Morgan fingerprint density at radius 3 is 2.68 bits per heavy atom. The van der Waals surface area contributed by atoms with E-state index in [9.17, 15) is 4.79 Å². The fourth-order valence-corrected chi connectivity index (χ4v) is 3.04. The normalized spacial score (nSPS) is 16.7. The average molecular weight is 377 g/mol. The number of benzene rings is 2. The van der Waals surface area contributed by atoms with Crippen molar-refractivity contribution in [1.29, 1.82) is 5.26 Å². The topological polar surface area (TPSA) is 74.6 Å². The Labute approximate surface area is 165 Å². The van der Waals surface area contributed by atoms with Gasteiger partial charge in [-0.05, 0) is 61.5 Å². The summed E-state index contributed by atoms with van der Waals surface area (Å²) in [6.45, 7) is 1.93. The summed E-state index contributed by atoms with van der Waals surface area (Å²) < 4.78 is 11.5. The Balaban J connectivity index is 1.62. The van der Waals surface area contributed by atoms with Crippen LogP contribution in [0.2, 0.25) is 0 Å². The molecule has 1 N–H and O–H groups in total. The number of hydrogen-bond acceptors (Lipinski definition) is 5. The number of nitriles is 1. The van der Waals surface area contributed by atoms with Crippen molar-refractivity contribution < 1.29 is 14.3 Å². The van der Waals surface area contributed by atoms with Crippen LogP contribution in [0.25, 0.3) is 6.08 Å². The lowest BCUT2D eigenvalue weighted by molar-refractivity contribution is -0.111. The van der Waals surface area contributed by atoms with E-state index in [1.165, 1.54) is 6.08 Å². The lowest BCUT2D eigenvalue weighted by Gasteiger charge is -2.16. The molecule has 0 spiro atoms. The molecule has 6 nitrogen and oxygen atoms in total. The number of nitrogens with zero attached hydrogens (tertiary/aromatic N) is 2. The molecule has 1 heterocycles. The molecule has 1 amide bonds. The van der Waals surface area contributed by atoms with E-state index in [2.05, 4.69) is 17.3 Å². The number of methoxy groups -OCH3 is 1. The Hall–Kier alpha value is -3.30. The first-order valence-electron chi connectivity index (χ1n) is 9.10. The minimum absolute atomic E-state index is 0.165. The van der Waals surface area contributed by atoms with Gasteiger partial charge in [0.25, 0.3) is 0 Å². The van der Waals surface area contributed by atoms with Crippen molar-refractivity contribution >= 4 is 17.7 Å². The fourth-order valence-electron chi connectivity index (χ4n) is 3.04. The van der Waals surface area contributed by atoms with Crippen LogP contribution in [0.5, 0.6) is 11.5 Å². The van der Waals surface area contributed by atoms with Crippen molar-refractivity contribution in [3.8, 4) is 17.6 Å². The lowest BCUT2D eigenvalue weighted by Crippen LogP contribution is -2.21. The number of rotatable bonds is 6. The standard InChI is InChI=1S/C22H23N3O3/c1-25-12-11-19(15-25)28-20-9-5-16(13-21(20)27-2)6-10-22(26)24-18-7-3-17(14-23)4-8-18/h3-10,13,19H,11-12,15H2,1-2H3,(H,24,26)/b10-6+. The van der Waals surface area contributed by atoms with Crippen LogP contribution in [-0.2, 0) is 4.79 Å². The number of anilines is 1. The predicted molar refractivity (Wildman–Crippen MR) is 108 cm³/mol. The molecule has 1 aliphatic rings. The van der Waals surface area contributed by atoms with Gasteiger partial charge < -0.3 is 19.7 Å². The number of hydrogen-bond donors (Lipinski definition) is 1. The molecule has 144 valence electrons. The molecule has 0 aliphatic carbocycles. The SMILES string of the molecule is COc1cc(/C=C/C(=O)Nc2ccc(C#N)cc2)ccc1OC1CCN(C)C1. The second-order valence-electron chi connectivity index (χ2n) is 6.71. The number of carbonyl (C=O) groups is 1. The summed E-state index contributed by atoms with van der Waals surface area (Å²) in [5.74, 6) is 1.10. The van der Waals surface area contributed by atoms with Crippen LogP contribution >= 0.6 is 0 Å². The van der Waals surface area contributed by atoms with Crippen molar-refractivity contribution in [2.24, 2.45) is 0 Å². The van der Waals surface area contributed by atoms with Gasteiger partial charge in [0, 0.05) is 24.9 Å². The molecule has 0 aromatic heterocycles. The lowest BCUT2D eigenvalue weighted by atomic mass is 10.1. The molecule has 28 heavy (non-hydrogen) atoms. The zero-order valence-corrected chi connectivity index (χ0v) is 16.0. The average Bonchev–Trinajstić information content (AvgIpc) is 3.12. The summed E-state index contributed by atoms with van der Waals surface area (Å²) in [7, 11) is 3.69. The number of nitrogens with one attached hydrogen (secondary N) is 1. The van der Waals surface area contributed by atoms with Crippen molar-refractivity contribution in [2.75, 3.05) is 32.6 Å². The van der Waals surface area contributed by atoms with E-state index in [4.69, 9.17) is 14.7 Å². The monoisotopic (exact) mass is 377 g/mol. The highest BCUT2D eigenvalue weighted by atomic mass is 16.5. The van der Waals surface area contributed by atoms with E-state index in [1.54, 1.807) is 37.5 Å². The largest absolute Gasteiger partial charge is 0.493 e. The van der Waals surface area contributed by atoms with Crippen LogP contribution in [-0.4, -0.2) is 44.2 Å². The fraction of sp³-hybridized carbons (Fsp3) is 0.273. The van der Waals surface area contributed by atoms with Crippen LogP contribution in [0.15, 0.2) is 48.5 Å². The molecule has 1 aliphatic heterocycles. The molecule has 3 rings (SSSR count). The molecule has 0 saturated carbocycles. The van der Waals surface area contributed by atoms with Gasteiger partial charge >= 0.3 is 0 Å². The summed E-state index contributed by atoms with van der Waals surface area (Å²) in [6.07, 6.45) is 4.34. The van der Waals surface area contributed by atoms with Crippen molar-refractivity contribution in [1.82, 2.24) is 4.90 Å². The summed E-state index contributed by atoms with van der Waals surface area (Å²) in [5, 5.41) is 11.6. The second-order valence-corrected chi connectivity index (χ2v) is 6.71. The summed E-state index contributed by atoms with van der Waals surface area (Å²) in [4.78, 5) is 14.3. The molecule has 0 bridgehead atoms. The van der Waals surface area contributed by atoms with Crippen LogP contribution < -0.4 is 14.8 Å². The first-order chi connectivity index (χ1) is 13.6. The molecule has 6 heteroatoms. The molecule has 0 radical (unpaired) electrons. The van der Waals surface area contributed by atoms with E-state index in [1.807, 2.05) is 24.3 Å². The van der Waals surface area contributed by atoms with Gasteiger partial charge in [-0.1, -0.05) is 6.07 Å². The molecule has 1 unspecified atom stereocenters. The first-order valence-corrected chi connectivity index (χ1v) is 9.10. The molecule has 1 saturated heterocycles. The van der Waals surface area contributed by atoms with Crippen LogP contribution in [0.4, 0.5) is 5.69 Å². The minimum atomic E-state index is -0.252. The maximum Gasteiger partial charge on any atom is 0.248 e. The number of likely N-dealkylation sites (N-methyl/N-ethyl adjacent to an activating group) is 1. The molecular formula is C22H23N3O3.